The highest BCUT2D eigenvalue weighted by Crippen LogP contribution is 2.47. The normalized spacial score (nSPS) is 24.9. The molecule has 1 aromatic carbocycles. The predicted octanol–water partition coefficient (Wildman–Crippen LogP) is 4.25. The van der Waals surface area contributed by atoms with Crippen LogP contribution in [-0.4, -0.2) is 16.8 Å². The van der Waals surface area contributed by atoms with Crippen molar-refractivity contribution < 1.29 is 0 Å². The van der Waals surface area contributed by atoms with E-state index in [1.54, 1.807) is 0 Å². The average Bonchev–Trinajstić information content (AvgIpc) is 3.24. The van der Waals surface area contributed by atoms with Gasteiger partial charge < -0.3 is 0 Å². The third-order valence-corrected chi connectivity index (χ3v) is 6.81. The molecule has 0 saturated heterocycles. The summed E-state index contributed by atoms with van der Waals surface area (Å²) < 4.78 is 0. The summed E-state index contributed by atoms with van der Waals surface area (Å²) in [6.45, 7) is 4.31. The molecule has 1 atom stereocenters. The fraction of sp³-hybridized carbons (Fsp3) is 0.471. The van der Waals surface area contributed by atoms with Crippen molar-refractivity contribution in [2.24, 2.45) is 0 Å². The van der Waals surface area contributed by atoms with Gasteiger partial charge in [-0.1, -0.05) is 18.2 Å². The molecule has 0 bridgehead atoms. The molecule has 21 heavy (non-hydrogen) atoms. The summed E-state index contributed by atoms with van der Waals surface area (Å²) in [7, 11) is 0. The number of thioether (sulfide) groups is 1. The second-order valence-electron chi connectivity index (χ2n) is 6.08. The van der Waals surface area contributed by atoms with Crippen molar-refractivity contribution in [3.8, 4) is 0 Å². The lowest BCUT2D eigenvalue weighted by molar-refractivity contribution is 0.373. The third kappa shape index (κ3) is 2.33. The van der Waals surface area contributed by atoms with Crippen molar-refractivity contribution in [1.82, 2.24) is 10.3 Å². The average molecular weight is 316 g/mol. The van der Waals surface area contributed by atoms with E-state index < -0.39 is 0 Å². The van der Waals surface area contributed by atoms with E-state index in [9.17, 15) is 0 Å². The lowest BCUT2D eigenvalue weighted by Crippen LogP contribution is -2.47. The van der Waals surface area contributed by atoms with Gasteiger partial charge in [0.15, 0.2) is 0 Å². The lowest BCUT2D eigenvalue weighted by Gasteiger charge is -2.38. The Labute approximate surface area is 134 Å². The van der Waals surface area contributed by atoms with Gasteiger partial charge in [-0.15, -0.1) is 23.1 Å². The molecule has 1 unspecified atom stereocenters. The maximum absolute atomic E-state index is 4.93. The zero-order valence-electron chi connectivity index (χ0n) is 12.5. The topological polar surface area (TPSA) is 24.9 Å². The van der Waals surface area contributed by atoms with Crippen LogP contribution in [0.3, 0.4) is 0 Å². The van der Waals surface area contributed by atoms with E-state index in [0.29, 0.717) is 6.04 Å². The zero-order valence-corrected chi connectivity index (χ0v) is 14.1. The first kappa shape index (κ1) is 13.8. The van der Waals surface area contributed by atoms with Gasteiger partial charge in [0.25, 0.3) is 0 Å². The maximum Gasteiger partial charge on any atom is 0.118 e. The predicted molar refractivity (Wildman–Crippen MR) is 90.3 cm³/mol. The van der Waals surface area contributed by atoms with Gasteiger partial charge in [0.1, 0.15) is 5.01 Å². The molecule has 2 aliphatic rings. The van der Waals surface area contributed by atoms with Crippen LogP contribution < -0.4 is 5.32 Å². The summed E-state index contributed by atoms with van der Waals surface area (Å²) in [5.74, 6) is 1.16. The number of thiazole rings is 1. The lowest BCUT2D eigenvalue weighted by atomic mass is 9.86. The molecule has 2 nitrogen and oxygen atoms in total. The highest BCUT2D eigenvalue weighted by atomic mass is 32.2. The fourth-order valence-electron chi connectivity index (χ4n) is 3.06. The van der Waals surface area contributed by atoms with Crippen LogP contribution in [0.15, 0.2) is 29.2 Å². The van der Waals surface area contributed by atoms with Crippen LogP contribution in [-0.2, 0) is 5.54 Å². The molecule has 1 aliphatic heterocycles. The molecular weight excluding hydrogens is 296 g/mol. The van der Waals surface area contributed by atoms with Gasteiger partial charge in [-0.05, 0) is 44.7 Å². The Balaban J connectivity index is 1.88. The van der Waals surface area contributed by atoms with Crippen molar-refractivity contribution in [2.45, 2.75) is 49.6 Å². The fourth-order valence-corrected chi connectivity index (χ4v) is 5.37. The standard InChI is InChI=1S/C17H20N2S2/c1-11-12(2)21-16(18-11)17(19-13-7-8-13)9-10-20-15-6-4-3-5-14(15)17/h3-6,13,19H,7-10H2,1-2H3. The molecular formula is C17H20N2S2. The van der Waals surface area contributed by atoms with Crippen molar-refractivity contribution in [3.63, 3.8) is 0 Å². The van der Waals surface area contributed by atoms with E-state index in [1.807, 2.05) is 23.1 Å². The van der Waals surface area contributed by atoms with Gasteiger partial charge in [-0.25, -0.2) is 4.98 Å². The van der Waals surface area contributed by atoms with Crippen LogP contribution in [0.25, 0.3) is 0 Å². The van der Waals surface area contributed by atoms with Gasteiger partial charge in [0.05, 0.1) is 11.2 Å². The molecule has 1 aliphatic carbocycles. The first-order valence-corrected chi connectivity index (χ1v) is 9.44. The molecule has 0 amide bonds. The summed E-state index contributed by atoms with van der Waals surface area (Å²) >= 11 is 3.85. The number of rotatable bonds is 3. The van der Waals surface area contributed by atoms with Gasteiger partial charge >= 0.3 is 0 Å². The van der Waals surface area contributed by atoms with Crippen LogP contribution in [0.2, 0.25) is 0 Å². The van der Waals surface area contributed by atoms with Crippen LogP contribution >= 0.6 is 23.1 Å². The van der Waals surface area contributed by atoms with Crippen molar-refractivity contribution in [2.75, 3.05) is 5.75 Å². The molecule has 1 N–H and O–H groups in total. The molecule has 1 saturated carbocycles. The Morgan fingerprint density at radius 3 is 2.76 bits per heavy atom. The number of hydrogen-bond donors (Lipinski definition) is 1. The van der Waals surface area contributed by atoms with Crippen LogP contribution in [0.4, 0.5) is 0 Å². The molecule has 0 radical (unpaired) electrons. The van der Waals surface area contributed by atoms with Crippen LogP contribution in [0.5, 0.6) is 0 Å². The first-order chi connectivity index (χ1) is 10.2. The Morgan fingerprint density at radius 1 is 1.24 bits per heavy atom. The molecule has 2 aromatic rings. The Kier molecular flexibility index (Phi) is 3.36. The van der Waals surface area contributed by atoms with Crippen LogP contribution in [0, 0.1) is 13.8 Å². The second kappa shape index (κ2) is 5.11. The first-order valence-electron chi connectivity index (χ1n) is 7.63. The summed E-state index contributed by atoms with van der Waals surface area (Å²) in [6.07, 6.45) is 3.75. The molecule has 1 aromatic heterocycles. The molecule has 4 rings (SSSR count). The minimum absolute atomic E-state index is 0.0628. The molecule has 110 valence electrons. The van der Waals surface area contributed by atoms with Gasteiger partial charge in [-0.3, -0.25) is 5.32 Å². The number of aromatic nitrogens is 1. The van der Waals surface area contributed by atoms with E-state index in [-0.39, 0.29) is 5.54 Å². The zero-order chi connectivity index (χ0) is 14.4. The van der Waals surface area contributed by atoms with E-state index >= 15 is 0 Å². The van der Waals surface area contributed by atoms with Gasteiger partial charge in [0, 0.05) is 21.6 Å². The number of nitrogens with zero attached hydrogens (tertiary/aromatic N) is 1. The van der Waals surface area contributed by atoms with Crippen molar-refractivity contribution >= 4 is 23.1 Å². The minimum atomic E-state index is -0.0628. The smallest absolute Gasteiger partial charge is 0.118 e. The van der Waals surface area contributed by atoms with Crippen molar-refractivity contribution in [3.05, 3.63) is 45.4 Å². The van der Waals surface area contributed by atoms with Crippen LogP contribution in [0.1, 0.15) is 40.4 Å². The number of nitrogens with one attached hydrogen (secondary N) is 1. The van der Waals surface area contributed by atoms with Crippen molar-refractivity contribution in [1.29, 1.82) is 0 Å². The highest BCUT2D eigenvalue weighted by Gasteiger charge is 2.44. The Morgan fingerprint density at radius 2 is 2.05 bits per heavy atom. The minimum Gasteiger partial charge on any atom is -0.299 e. The Bertz CT molecular complexity index is 656. The molecule has 2 heterocycles. The number of aryl methyl sites for hydroxylation is 2. The monoisotopic (exact) mass is 316 g/mol. The molecule has 4 heteroatoms. The number of benzene rings is 1. The third-order valence-electron chi connectivity index (χ3n) is 4.50. The maximum atomic E-state index is 4.93. The summed E-state index contributed by atoms with van der Waals surface area (Å²) in [5.41, 5.74) is 2.55. The van der Waals surface area contributed by atoms with Gasteiger partial charge in [0.2, 0.25) is 0 Å². The summed E-state index contributed by atoms with van der Waals surface area (Å²) in [6, 6.07) is 9.54. The summed E-state index contributed by atoms with van der Waals surface area (Å²) in [4.78, 5) is 7.70. The number of hydrogen-bond acceptors (Lipinski definition) is 4. The largest absolute Gasteiger partial charge is 0.299 e. The van der Waals surface area contributed by atoms with E-state index in [0.717, 1.165) is 12.2 Å². The number of fused-ring (bicyclic) bond motifs is 1. The van der Waals surface area contributed by atoms with Gasteiger partial charge in [-0.2, -0.15) is 0 Å². The quantitative estimate of drug-likeness (QED) is 0.916. The molecule has 1 fully saturated rings. The Hall–Kier alpha value is -0.840. The van der Waals surface area contributed by atoms with E-state index in [2.05, 4.69) is 43.4 Å². The second-order valence-corrected chi connectivity index (χ2v) is 8.42. The molecule has 0 spiro atoms. The van der Waals surface area contributed by atoms with E-state index in [1.165, 1.54) is 38.9 Å². The summed E-state index contributed by atoms with van der Waals surface area (Å²) in [5, 5.41) is 5.22. The highest BCUT2D eigenvalue weighted by molar-refractivity contribution is 7.99. The van der Waals surface area contributed by atoms with E-state index in [4.69, 9.17) is 4.98 Å². The SMILES string of the molecule is Cc1nc(C2(NC3CC3)CCSc3ccccc32)sc1C.